The molecule has 8 nitrogen and oxygen atoms in total. The molecule has 1 aliphatic heterocycles. The van der Waals surface area contributed by atoms with Crippen LogP contribution >= 0.6 is 0 Å². The van der Waals surface area contributed by atoms with E-state index < -0.39 is 23.5 Å². The van der Waals surface area contributed by atoms with Crippen molar-refractivity contribution in [3.63, 3.8) is 0 Å². The number of hydrogen-bond acceptors (Lipinski definition) is 8. The first-order chi connectivity index (χ1) is 14.5. The van der Waals surface area contributed by atoms with Gasteiger partial charge in [0.05, 0.1) is 31.6 Å². The highest BCUT2D eigenvalue weighted by Gasteiger charge is 2.34. The average Bonchev–Trinajstić information content (AvgIpc) is 2.76. The predicted octanol–water partition coefficient (Wildman–Crippen LogP) is 2.79. The topological polar surface area (TPSA) is 101 Å². The highest BCUT2D eigenvalue weighted by Crippen LogP contribution is 2.42. The van der Waals surface area contributed by atoms with Crippen molar-refractivity contribution in [2.45, 2.75) is 12.3 Å². The fourth-order valence-electron chi connectivity index (χ4n) is 3.47. The van der Waals surface area contributed by atoms with Crippen LogP contribution in [-0.2, 0) is 14.3 Å². The Kier molecular flexibility index (Phi) is 5.14. The maximum Gasteiger partial charge on any atom is 0.343 e. The molecule has 8 heteroatoms. The van der Waals surface area contributed by atoms with Crippen molar-refractivity contribution in [2.24, 2.45) is 0 Å². The quantitative estimate of drug-likeness (QED) is 0.468. The average molecular weight is 410 g/mol. The van der Waals surface area contributed by atoms with Crippen LogP contribution in [0, 0.1) is 0 Å². The molecule has 0 radical (unpaired) electrons. The molecule has 0 aliphatic carbocycles. The lowest BCUT2D eigenvalue weighted by atomic mass is 9.86. The standard InChI is InChI=1S/C22H18O8/c1-26-17-9-12(7-8-16(17)28-11-19(24)27-2)14-10-18(23)30-21-13-5-3-4-6-15(13)29-22(25)20(14)21/h3-9,14H,10-11H2,1-2H3. The van der Waals surface area contributed by atoms with Crippen LogP contribution in [0.4, 0.5) is 0 Å². The third-order valence-corrected chi connectivity index (χ3v) is 4.90. The molecule has 0 fully saturated rings. The molecule has 154 valence electrons. The minimum Gasteiger partial charge on any atom is -0.493 e. The molecule has 0 spiro atoms. The van der Waals surface area contributed by atoms with Gasteiger partial charge in [-0.2, -0.15) is 0 Å². The number of ether oxygens (including phenoxy) is 4. The summed E-state index contributed by atoms with van der Waals surface area (Å²) in [5, 5.41) is 0.551. The number of esters is 2. The van der Waals surface area contributed by atoms with E-state index in [2.05, 4.69) is 4.74 Å². The molecule has 0 saturated heterocycles. The molecular weight excluding hydrogens is 392 g/mol. The predicted molar refractivity (Wildman–Crippen MR) is 105 cm³/mol. The van der Waals surface area contributed by atoms with Crippen LogP contribution < -0.4 is 19.8 Å². The van der Waals surface area contributed by atoms with Gasteiger partial charge in [-0.3, -0.25) is 4.79 Å². The first-order valence-corrected chi connectivity index (χ1v) is 9.15. The van der Waals surface area contributed by atoms with Gasteiger partial charge in [0.15, 0.2) is 23.9 Å². The number of carbonyl (C=O) groups is 2. The van der Waals surface area contributed by atoms with Crippen LogP contribution in [0.5, 0.6) is 17.2 Å². The zero-order valence-corrected chi connectivity index (χ0v) is 16.3. The second-order valence-electron chi connectivity index (χ2n) is 6.63. The van der Waals surface area contributed by atoms with Gasteiger partial charge in [-0.05, 0) is 29.8 Å². The lowest BCUT2D eigenvalue weighted by molar-refractivity contribution is -0.143. The highest BCUT2D eigenvalue weighted by molar-refractivity contribution is 5.90. The van der Waals surface area contributed by atoms with Crippen LogP contribution in [-0.4, -0.2) is 32.8 Å². The molecule has 1 atom stereocenters. The second kappa shape index (κ2) is 7.90. The molecule has 2 heterocycles. The molecule has 1 aliphatic rings. The summed E-state index contributed by atoms with van der Waals surface area (Å²) in [6, 6.07) is 11.9. The van der Waals surface area contributed by atoms with Gasteiger partial charge in [0.1, 0.15) is 5.58 Å². The van der Waals surface area contributed by atoms with E-state index in [1.54, 1.807) is 42.5 Å². The Labute approximate surface area is 170 Å². The van der Waals surface area contributed by atoms with Crippen molar-refractivity contribution in [2.75, 3.05) is 20.8 Å². The normalized spacial score (nSPS) is 15.3. The minimum absolute atomic E-state index is 0.0262. The van der Waals surface area contributed by atoms with Crippen LogP contribution in [0.1, 0.15) is 23.5 Å². The van der Waals surface area contributed by atoms with Gasteiger partial charge in [0.2, 0.25) is 0 Å². The summed E-state index contributed by atoms with van der Waals surface area (Å²) in [5.74, 6) is -0.667. The van der Waals surface area contributed by atoms with Gasteiger partial charge in [-0.25, -0.2) is 9.59 Å². The molecule has 0 saturated carbocycles. The Morgan fingerprint density at radius 3 is 2.67 bits per heavy atom. The Bertz CT molecular complexity index is 1190. The third kappa shape index (κ3) is 3.47. The summed E-state index contributed by atoms with van der Waals surface area (Å²) in [7, 11) is 2.72. The summed E-state index contributed by atoms with van der Waals surface area (Å²) >= 11 is 0. The van der Waals surface area contributed by atoms with Gasteiger partial charge in [0, 0.05) is 5.92 Å². The first-order valence-electron chi connectivity index (χ1n) is 9.15. The van der Waals surface area contributed by atoms with E-state index >= 15 is 0 Å². The number of rotatable bonds is 5. The number of carbonyl (C=O) groups excluding carboxylic acids is 2. The van der Waals surface area contributed by atoms with E-state index in [4.69, 9.17) is 18.6 Å². The van der Waals surface area contributed by atoms with E-state index in [9.17, 15) is 14.4 Å². The van der Waals surface area contributed by atoms with Crippen LogP contribution in [0.2, 0.25) is 0 Å². The fourth-order valence-corrected chi connectivity index (χ4v) is 3.47. The zero-order valence-electron chi connectivity index (χ0n) is 16.3. The second-order valence-corrected chi connectivity index (χ2v) is 6.63. The smallest absolute Gasteiger partial charge is 0.343 e. The summed E-state index contributed by atoms with van der Waals surface area (Å²) in [6.07, 6.45) is -0.0262. The number of para-hydroxylation sites is 1. The molecule has 0 amide bonds. The van der Waals surface area contributed by atoms with Gasteiger partial charge in [-0.1, -0.05) is 18.2 Å². The van der Waals surface area contributed by atoms with Crippen molar-refractivity contribution in [1.82, 2.24) is 0 Å². The Morgan fingerprint density at radius 1 is 1.10 bits per heavy atom. The van der Waals surface area contributed by atoms with E-state index in [0.29, 0.717) is 28.0 Å². The summed E-state index contributed by atoms with van der Waals surface area (Å²) in [4.78, 5) is 36.4. The fraction of sp³-hybridized carbons (Fsp3) is 0.227. The highest BCUT2D eigenvalue weighted by atomic mass is 16.6. The summed E-state index contributed by atoms with van der Waals surface area (Å²) in [6.45, 7) is -0.277. The van der Waals surface area contributed by atoms with Crippen molar-refractivity contribution in [3.05, 3.63) is 64.0 Å². The number of hydrogen-bond donors (Lipinski definition) is 0. The van der Waals surface area contributed by atoms with E-state index in [1.165, 1.54) is 14.2 Å². The molecule has 0 bridgehead atoms. The van der Waals surface area contributed by atoms with E-state index in [-0.39, 0.29) is 24.3 Å². The van der Waals surface area contributed by atoms with E-state index in [0.717, 1.165) is 0 Å². The van der Waals surface area contributed by atoms with Gasteiger partial charge < -0.3 is 23.4 Å². The molecule has 30 heavy (non-hydrogen) atoms. The number of fused-ring (bicyclic) bond motifs is 3. The van der Waals surface area contributed by atoms with Crippen molar-refractivity contribution < 1.29 is 33.0 Å². The maximum absolute atomic E-state index is 12.7. The first kappa shape index (κ1) is 19.5. The number of benzene rings is 2. The summed E-state index contributed by atoms with van der Waals surface area (Å²) in [5.41, 5.74) is 0.710. The SMILES string of the molecule is COC(=O)COc1ccc(C2CC(=O)Oc3c2c(=O)oc2ccccc32)cc1OC. The molecular formula is C22H18O8. The Morgan fingerprint density at radius 2 is 1.90 bits per heavy atom. The van der Waals surface area contributed by atoms with Crippen molar-refractivity contribution >= 4 is 22.9 Å². The Hall–Kier alpha value is -3.81. The van der Waals surface area contributed by atoms with Crippen LogP contribution in [0.3, 0.4) is 0 Å². The minimum atomic E-state index is -0.578. The van der Waals surface area contributed by atoms with Crippen molar-refractivity contribution in [3.8, 4) is 17.2 Å². The summed E-state index contributed by atoms with van der Waals surface area (Å²) < 4.78 is 26.2. The van der Waals surface area contributed by atoms with Gasteiger partial charge >= 0.3 is 17.6 Å². The number of methoxy groups -OCH3 is 2. The van der Waals surface area contributed by atoms with Gasteiger partial charge in [0.25, 0.3) is 0 Å². The van der Waals surface area contributed by atoms with Gasteiger partial charge in [-0.15, -0.1) is 0 Å². The van der Waals surface area contributed by atoms with E-state index in [1.807, 2.05) is 0 Å². The zero-order chi connectivity index (χ0) is 21.3. The van der Waals surface area contributed by atoms with Crippen LogP contribution in [0.15, 0.2) is 51.7 Å². The largest absolute Gasteiger partial charge is 0.493 e. The lowest BCUT2D eigenvalue weighted by Gasteiger charge is -2.25. The molecule has 1 unspecified atom stereocenters. The van der Waals surface area contributed by atoms with Crippen LogP contribution in [0.25, 0.3) is 11.0 Å². The molecule has 1 aromatic heterocycles. The van der Waals surface area contributed by atoms with Crippen molar-refractivity contribution in [1.29, 1.82) is 0 Å². The molecule has 4 rings (SSSR count). The molecule has 3 aromatic rings. The third-order valence-electron chi connectivity index (χ3n) is 4.90. The monoisotopic (exact) mass is 410 g/mol. The lowest BCUT2D eigenvalue weighted by Crippen LogP contribution is -2.26. The Balaban J connectivity index is 1.79. The molecule has 0 N–H and O–H groups in total. The maximum atomic E-state index is 12.7. The molecule has 2 aromatic carbocycles.